The van der Waals surface area contributed by atoms with Crippen molar-refractivity contribution in [2.75, 3.05) is 18.0 Å². The van der Waals surface area contributed by atoms with Gasteiger partial charge in [0.05, 0.1) is 36.3 Å². The molecule has 0 amide bonds. The molecule has 2 aliphatic rings. The first-order valence-electron chi connectivity index (χ1n) is 11.4. The Kier molecular flexibility index (Phi) is 5.75. The van der Waals surface area contributed by atoms with E-state index in [1.165, 1.54) is 0 Å². The van der Waals surface area contributed by atoms with Crippen LogP contribution in [-0.2, 0) is 11.2 Å². The third kappa shape index (κ3) is 4.75. The minimum Gasteiger partial charge on any atom is -0.367 e. The minimum absolute atomic E-state index is 0.0413. The van der Waals surface area contributed by atoms with Gasteiger partial charge in [-0.25, -0.2) is 15.0 Å². The van der Waals surface area contributed by atoms with Crippen molar-refractivity contribution in [3.63, 3.8) is 0 Å². The molecule has 34 heavy (non-hydrogen) atoms. The monoisotopic (exact) mass is 473 g/mol. The van der Waals surface area contributed by atoms with E-state index in [9.17, 15) is 13.2 Å². The van der Waals surface area contributed by atoms with Crippen LogP contribution in [0.2, 0.25) is 0 Å². The predicted molar refractivity (Wildman–Crippen MR) is 119 cm³/mol. The van der Waals surface area contributed by atoms with E-state index in [1.54, 1.807) is 13.1 Å². The number of alkyl halides is 3. The first-order chi connectivity index (χ1) is 16.2. The quantitative estimate of drug-likeness (QED) is 0.495. The van der Waals surface area contributed by atoms with Crippen molar-refractivity contribution >= 4 is 17.1 Å². The van der Waals surface area contributed by atoms with E-state index >= 15 is 0 Å². The molecule has 1 aliphatic heterocycles. The van der Waals surface area contributed by atoms with Crippen molar-refractivity contribution < 1.29 is 17.9 Å². The van der Waals surface area contributed by atoms with Crippen molar-refractivity contribution in [1.29, 1.82) is 0 Å². The highest BCUT2D eigenvalue weighted by atomic mass is 19.4. The van der Waals surface area contributed by atoms with Crippen LogP contribution < -0.4 is 4.90 Å². The van der Waals surface area contributed by atoms with Gasteiger partial charge in [-0.2, -0.15) is 23.3 Å². The van der Waals surface area contributed by atoms with Gasteiger partial charge in [-0.05, 0) is 39.5 Å². The topological polar surface area (TPSA) is 81.9 Å². The fourth-order valence-corrected chi connectivity index (χ4v) is 4.12. The Morgan fingerprint density at radius 2 is 1.97 bits per heavy atom. The number of anilines is 1. The molecule has 2 atom stereocenters. The lowest BCUT2D eigenvalue weighted by Crippen LogP contribution is -2.43. The van der Waals surface area contributed by atoms with E-state index in [0.717, 1.165) is 18.4 Å². The summed E-state index contributed by atoms with van der Waals surface area (Å²) in [5.41, 5.74) is 2.07. The zero-order valence-electron chi connectivity index (χ0n) is 19.1. The number of aryl methyl sites for hydroxylation is 2. The first-order valence-corrected chi connectivity index (χ1v) is 11.4. The molecule has 8 nitrogen and oxygen atoms in total. The molecule has 0 unspecified atom stereocenters. The lowest BCUT2D eigenvalue weighted by atomic mass is 10.1. The summed E-state index contributed by atoms with van der Waals surface area (Å²) in [6.45, 7) is 8.00. The fraction of sp³-hybridized carbons (Fsp3) is 0.522. The number of ether oxygens (including phenoxy) is 1. The van der Waals surface area contributed by atoms with Gasteiger partial charge in [0, 0.05) is 30.1 Å². The minimum atomic E-state index is -4.44. The molecule has 1 saturated carbocycles. The van der Waals surface area contributed by atoms with Crippen molar-refractivity contribution in [3.8, 4) is 0 Å². The molecular weight excluding hydrogens is 447 g/mol. The molecule has 4 heterocycles. The summed E-state index contributed by atoms with van der Waals surface area (Å²) in [6.07, 6.45) is 2.74. The highest BCUT2D eigenvalue weighted by Crippen LogP contribution is 2.36. The summed E-state index contributed by atoms with van der Waals surface area (Å²) in [5.74, 6) is 0.412. The van der Waals surface area contributed by atoms with Gasteiger partial charge in [-0.3, -0.25) is 4.68 Å². The van der Waals surface area contributed by atoms with E-state index in [2.05, 4.69) is 31.6 Å². The Morgan fingerprint density at radius 3 is 2.71 bits per heavy atom. The maximum atomic E-state index is 13.0. The molecule has 2 fully saturated rings. The zero-order valence-corrected chi connectivity index (χ0v) is 19.1. The Balaban J connectivity index is 1.44. The maximum absolute atomic E-state index is 13.0. The predicted octanol–water partition coefficient (Wildman–Crippen LogP) is 4.28. The average Bonchev–Trinajstić information content (AvgIpc) is 3.52. The highest BCUT2D eigenvalue weighted by Gasteiger charge is 2.33. The van der Waals surface area contributed by atoms with Gasteiger partial charge < -0.3 is 9.64 Å². The largest absolute Gasteiger partial charge is 0.412 e. The number of halogens is 3. The summed E-state index contributed by atoms with van der Waals surface area (Å²) in [5, 5.41) is 4.47. The number of nitrogens with zero attached hydrogens (tertiary/aromatic N) is 7. The molecular formula is C23H26F3N7O. The van der Waals surface area contributed by atoms with Gasteiger partial charge in [0.1, 0.15) is 11.6 Å². The van der Waals surface area contributed by atoms with E-state index in [-0.39, 0.29) is 25.0 Å². The number of morpholine rings is 1. The van der Waals surface area contributed by atoms with Crippen LogP contribution in [0.25, 0.3) is 11.2 Å². The Bertz CT molecular complexity index is 1220. The van der Waals surface area contributed by atoms with Crippen molar-refractivity contribution in [2.24, 2.45) is 0 Å². The second-order valence-corrected chi connectivity index (χ2v) is 9.08. The number of aromatic nitrogens is 6. The van der Waals surface area contributed by atoms with Gasteiger partial charge in [0.25, 0.3) is 0 Å². The SMILES string of the molecule is C=C(CCc1nc(N2C[C@H](C)O[C@@H](c3cnn(C4CC4)c3)C2)nc2nc(C)cnc12)C(F)(F)F. The third-order valence-electron chi connectivity index (χ3n) is 6.11. The second kappa shape index (κ2) is 8.61. The molecule has 0 N–H and O–H groups in total. The molecule has 3 aromatic rings. The van der Waals surface area contributed by atoms with E-state index in [1.807, 2.05) is 28.9 Å². The molecule has 1 saturated heterocycles. The second-order valence-electron chi connectivity index (χ2n) is 9.08. The third-order valence-corrected chi connectivity index (χ3v) is 6.11. The zero-order chi connectivity index (χ0) is 24.0. The van der Waals surface area contributed by atoms with Crippen LogP contribution in [0.1, 0.15) is 55.3 Å². The molecule has 11 heteroatoms. The van der Waals surface area contributed by atoms with Gasteiger partial charge in [-0.1, -0.05) is 6.58 Å². The first kappa shape index (κ1) is 22.7. The molecule has 5 rings (SSSR count). The number of rotatable bonds is 6. The average molecular weight is 474 g/mol. The van der Waals surface area contributed by atoms with Crippen LogP contribution >= 0.6 is 0 Å². The van der Waals surface area contributed by atoms with Crippen LogP contribution in [0, 0.1) is 6.92 Å². The van der Waals surface area contributed by atoms with Crippen LogP contribution in [0.3, 0.4) is 0 Å². The lowest BCUT2D eigenvalue weighted by molar-refractivity contribution is -0.0935. The van der Waals surface area contributed by atoms with Gasteiger partial charge in [0.2, 0.25) is 5.95 Å². The molecule has 180 valence electrons. The Labute approximate surface area is 194 Å². The van der Waals surface area contributed by atoms with Crippen LogP contribution in [0.4, 0.5) is 19.1 Å². The van der Waals surface area contributed by atoms with Gasteiger partial charge >= 0.3 is 6.18 Å². The molecule has 0 aromatic carbocycles. The normalized spacial score (nSPS) is 21.3. The molecule has 0 spiro atoms. The smallest absolute Gasteiger partial charge is 0.367 e. The van der Waals surface area contributed by atoms with Crippen molar-refractivity contribution in [3.05, 3.63) is 47.7 Å². The molecule has 0 bridgehead atoms. The summed E-state index contributed by atoms with van der Waals surface area (Å²) in [6, 6.07) is 0.477. The van der Waals surface area contributed by atoms with E-state index < -0.39 is 11.7 Å². The molecule has 1 aliphatic carbocycles. The van der Waals surface area contributed by atoms with Crippen LogP contribution in [0.5, 0.6) is 0 Å². The summed E-state index contributed by atoms with van der Waals surface area (Å²) < 4.78 is 47.2. The van der Waals surface area contributed by atoms with Crippen LogP contribution in [0.15, 0.2) is 30.7 Å². The Hall–Kier alpha value is -3.08. The van der Waals surface area contributed by atoms with E-state index in [0.29, 0.717) is 47.6 Å². The molecule has 0 radical (unpaired) electrons. The molecule has 3 aromatic heterocycles. The lowest BCUT2D eigenvalue weighted by Gasteiger charge is -2.36. The number of hydrogen-bond acceptors (Lipinski definition) is 7. The highest BCUT2D eigenvalue weighted by molar-refractivity contribution is 5.74. The van der Waals surface area contributed by atoms with E-state index in [4.69, 9.17) is 4.74 Å². The van der Waals surface area contributed by atoms with Crippen molar-refractivity contribution in [2.45, 2.75) is 64.0 Å². The summed E-state index contributed by atoms with van der Waals surface area (Å²) in [7, 11) is 0. The van der Waals surface area contributed by atoms with Crippen molar-refractivity contribution in [1.82, 2.24) is 29.7 Å². The standard InChI is InChI=1S/C23H26F3N7O/c1-13(23(24,25)26)4-7-18-20-21(29-14(2)8-27-20)31-22(30-18)32-10-15(3)34-19(12-32)16-9-28-33(11-16)17-5-6-17/h8-9,11,15,17,19H,1,4-7,10,12H2,2-3H3/t15-,19+/m0/s1. The summed E-state index contributed by atoms with van der Waals surface area (Å²) >= 11 is 0. The van der Waals surface area contributed by atoms with Gasteiger partial charge in [0.15, 0.2) is 5.65 Å². The number of hydrogen-bond donors (Lipinski definition) is 0. The number of fused-ring (bicyclic) bond motifs is 1. The summed E-state index contributed by atoms with van der Waals surface area (Å²) in [4.78, 5) is 20.1. The Morgan fingerprint density at radius 1 is 1.18 bits per heavy atom. The number of allylic oxidation sites excluding steroid dienone is 1. The van der Waals surface area contributed by atoms with Gasteiger partial charge in [-0.15, -0.1) is 0 Å². The van der Waals surface area contributed by atoms with Crippen LogP contribution in [-0.4, -0.2) is 55.1 Å². The fourth-order valence-electron chi connectivity index (χ4n) is 4.12. The maximum Gasteiger partial charge on any atom is 0.412 e.